The molecule has 2 aromatic rings. The van der Waals surface area contributed by atoms with Crippen molar-refractivity contribution < 1.29 is 5.11 Å². The van der Waals surface area contributed by atoms with Gasteiger partial charge in [0.1, 0.15) is 0 Å². The second-order valence-electron chi connectivity index (χ2n) is 6.58. The quantitative estimate of drug-likeness (QED) is 0.908. The van der Waals surface area contributed by atoms with Crippen LogP contribution in [-0.2, 0) is 0 Å². The van der Waals surface area contributed by atoms with Crippen molar-refractivity contribution >= 4 is 0 Å². The van der Waals surface area contributed by atoms with Gasteiger partial charge in [-0.25, -0.2) is 4.98 Å². The van der Waals surface area contributed by atoms with Gasteiger partial charge in [0.15, 0.2) is 0 Å². The molecule has 1 aromatic carbocycles. The molecule has 1 saturated carbocycles. The zero-order valence-electron chi connectivity index (χ0n) is 12.8. The van der Waals surface area contributed by atoms with Crippen molar-refractivity contribution in [1.29, 1.82) is 0 Å². The van der Waals surface area contributed by atoms with Crippen molar-refractivity contribution in [3.63, 3.8) is 0 Å². The first-order chi connectivity index (χ1) is 9.98. The lowest BCUT2D eigenvalue weighted by atomic mass is 9.64. The van der Waals surface area contributed by atoms with Gasteiger partial charge in [-0.15, -0.1) is 0 Å². The van der Waals surface area contributed by atoms with Crippen molar-refractivity contribution in [1.82, 2.24) is 14.9 Å². The molecule has 1 aliphatic rings. The third-order valence-electron chi connectivity index (χ3n) is 4.86. The molecule has 4 nitrogen and oxygen atoms in total. The monoisotopic (exact) mass is 285 g/mol. The highest BCUT2D eigenvalue weighted by Crippen LogP contribution is 2.41. The summed E-state index contributed by atoms with van der Waals surface area (Å²) in [5.41, 5.74) is 2.34. The van der Waals surface area contributed by atoms with E-state index in [-0.39, 0.29) is 17.6 Å². The summed E-state index contributed by atoms with van der Waals surface area (Å²) >= 11 is 0. The molecule has 1 aromatic heterocycles. The first-order valence-electron chi connectivity index (χ1n) is 7.51. The minimum Gasteiger partial charge on any atom is -0.392 e. The third-order valence-corrected chi connectivity index (χ3v) is 4.86. The second-order valence-corrected chi connectivity index (χ2v) is 6.58. The van der Waals surface area contributed by atoms with Crippen LogP contribution in [0.3, 0.4) is 0 Å². The second kappa shape index (κ2) is 5.28. The highest BCUT2D eigenvalue weighted by Gasteiger charge is 2.47. The molecule has 0 amide bonds. The van der Waals surface area contributed by atoms with Gasteiger partial charge in [-0.2, -0.15) is 0 Å². The average molecular weight is 285 g/mol. The van der Waals surface area contributed by atoms with Crippen molar-refractivity contribution in [2.45, 2.75) is 45.4 Å². The van der Waals surface area contributed by atoms with Gasteiger partial charge in [0.2, 0.25) is 0 Å². The number of aromatic nitrogens is 2. The number of nitrogens with one attached hydrogen (secondary N) is 1. The molecule has 112 valence electrons. The van der Waals surface area contributed by atoms with Crippen LogP contribution in [0.25, 0.3) is 5.69 Å². The van der Waals surface area contributed by atoms with Gasteiger partial charge in [0.05, 0.1) is 12.4 Å². The van der Waals surface area contributed by atoms with E-state index in [9.17, 15) is 5.11 Å². The summed E-state index contributed by atoms with van der Waals surface area (Å²) in [5, 5.41) is 13.5. The Balaban J connectivity index is 1.67. The smallest absolute Gasteiger partial charge is 0.0991 e. The molecule has 0 bridgehead atoms. The minimum atomic E-state index is -0.189. The molecule has 0 radical (unpaired) electrons. The lowest BCUT2D eigenvalue weighted by molar-refractivity contribution is -0.0754. The van der Waals surface area contributed by atoms with Crippen LogP contribution in [0.2, 0.25) is 0 Å². The van der Waals surface area contributed by atoms with E-state index in [1.165, 1.54) is 5.56 Å². The normalized spacial score (nSPS) is 25.3. The van der Waals surface area contributed by atoms with E-state index in [2.05, 4.69) is 55.3 Å². The Morgan fingerprint density at radius 1 is 1.33 bits per heavy atom. The number of hydrogen-bond donors (Lipinski definition) is 2. The molecule has 0 saturated heterocycles. The van der Waals surface area contributed by atoms with Crippen molar-refractivity contribution in [2.24, 2.45) is 5.41 Å². The highest BCUT2D eigenvalue weighted by molar-refractivity contribution is 5.35. The number of hydrogen-bond acceptors (Lipinski definition) is 3. The van der Waals surface area contributed by atoms with Crippen LogP contribution < -0.4 is 5.32 Å². The van der Waals surface area contributed by atoms with E-state index in [0.29, 0.717) is 6.04 Å². The zero-order chi connectivity index (χ0) is 15.0. The Hall–Kier alpha value is -1.65. The molecule has 1 fully saturated rings. The van der Waals surface area contributed by atoms with Gasteiger partial charge in [-0.05, 0) is 31.0 Å². The largest absolute Gasteiger partial charge is 0.392 e. The molecule has 1 heterocycles. The SMILES string of the molecule is CC(NC1CC(O)C1(C)C)c1ccc(-n2ccnc2)cc1. The molecule has 3 rings (SSSR count). The lowest BCUT2D eigenvalue weighted by Gasteiger charge is -2.50. The van der Waals surface area contributed by atoms with Crippen LogP contribution in [0.1, 0.15) is 38.8 Å². The number of benzene rings is 1. The molecule has 3 atom stereocenters. The van der Waals surface area contributed by atoms with Gasteiger partial charge in [-0.3, -0.25) is 0 Å². The molecular weight excluding hydrogens is 262 g/mol. The van der Waals surface area contributed by atoms with Crippen LogP contribution in [0.15, 0.2) is 43.0 Å². The molecule has 3 unspecified atom stereocenters. The number of nitrogens with zero attached hydrogens (tertiary/aromatic N) is 2. The maximum Gasteiger partial charge on any atom is 0.0991 e. The zero-order valence-corrected chi connectivity index (χ0v) is 12.8. The van der Waals surface area contributed by atoms with Gasteiger partial charge in [0, 0.05) is 35.6 Å². The fraction of sp³-hybridized carbons (Fsp3) is 0.471. The fourth-order valence-corrected chi connectivity index (χ4v) is 2.93. The summed E-state index contributed by atoms with van der Waals surface area (Å²) in [4.78, 5) is 4.06. The lowest BCUT2D eigenvalue weighted by Crippen LogP contribution is -2.60. The summed E-state index contributed by atoms with van der Waals surface area (Å²) in [7, 11) is 0. The number of imidazole rings is 1. The number of rotatable bonds is 4. The van der Waals surface area contributed by atoms with E-state index in [1.54, 1.807) is 12.5 Å². The van der Waals surface area contributed by atoms with Crippen molar-refractivity contribution in [2.75, 3.05) is 0 Å². The summed E-state index contributed by atoms with van der Waals surface area (Å²) in [6, 6.07) is 9.16. The van der Waals surface area contributed by atoms with E-state index in [0.717, 1.165) is 12.1 Å². The maximum absolute atomic E-state index is 9.82. The third kappa shape index (κ3) is 2.61. The minimum absolute atomic E-state index is 0.0367. The van der Waals surface area contributed by atoms with Crippen molar-refractivity contribution in [3.05, 3.63) is 48.5 Å². The van der Waals surface area contributed by atoms with Crippen LogP contribution >= 0.6 is 0 Å². The van der Waals surface area contributed by atoms with Gasteiger partial charge in [-0.1, -0.05) is 26.0 Å². The molecular formula is C17H23N3O. The predicted octanol–water partition coefficient (Wildman–Crippen LogP) is 2.68. The molecule has 0 spiro atoms. The Morgan fingerprint density at radius 3 is 2.57 bits per heavy atom. The topological polar surface area (TPSA) is 50.1 Å². The number of aliphatic hydroxyl groups is 1. The Bertz CT molecular complexity index is 589. The first-order valence-corrected chi connectivity index (χ1v) is 7.51. The predicted molar refractivity (Wildman–Crippen MR) is 83.3 cm³/mol. The number of aliphatic hydroxyl groups excluding tert-OH is 1. The molecule has 1 aliphatic carbocycles. The highest BCUT2D eigenvalue weighted by atomic mass is 16.3. The van der Waals surface area contributed by atoms with Crippen LogP contribution in [0, 0.1) is 5.41 Å². The van der Waals surface area contributed by atoms with E-state index >= 15 is 0 Å². The van der Waals surface area contributed by atoms with Gasteiger partial charge in [0.25, 0.3) is 0 Å². The van der Waals surface area contributed by atoms with Crippen molar-refractivity contribution in [3.8, 4) is 5.69 Å². The van der Waals surface area contributed by atoms with Crippen LogP contribution in [0.5, 0.6) is 0 Å². The summed E-state index contributed by atoms with van der Waals surface area (Å²) in [5.74, 6) is 0. The van der Waals surface area contributed by atoms with E-state index in [4.69, 9.17) is 0 Å². The maximum atomic E-state index is 9.82. The van der Waals surface area contributed by atoms with Gasteiger partial charge >= 0.3 is 0 Å². The summed E-state index contributed by atoms with van der Waals surface area (Å²) in [6.45, 7) is 6.41. The Kier molecular flexibility index (Phi) is 3.59. The van der Waals surface area contributed by atoms with Gasteiger partial charge < -0.3 is 15.0 Å². The molecule has 0 aliphatic heterocycles. The van der Waals surface area contributed by atoms with E-state index in [1.807, 2.05) is 10.8 Å². The van der Waals surface area contributed by atoms with E-state index < -0.39 is 0 Å². The fourth-order valence-electron chi connectivity index (χ4n) is 2.93. The van der Waals surface area contributed by atoms with Crippen LogP contribution in [0.4, 0.5) is 0 Å². The summed E-state index contributed by atoms with van der Waals surface area (Å²) < 4.78 is 1.99. The first kappa shape index (κ1) is 14.3. The standard InChI is InChI=1S/C17H23N3O/c1-12(19-15-10-16(21)17(15,2)3)13-4-6-14(7-5-13)20-9-8-18-11-20/h4-9,11-12,15-16,19,21H,10H2,1-3H3. The Labute approximate surface area is 125 Å². The molecule has 21 heavy (non-hydrogen) atoms. The average Bonchev–Trinajstić information content (AvgIpc) is 3.01. The van der Waals surface area contributed by atoms with Crippen LogP contribution in [-0.4, -0.2) is 26.8 Å². The summed E-state index contributed by atoms with van der Waals surface area (Å²) in [6.07, 6.45) is 6.17. The molecule has 2 N–H and O–H groups in total. The Morgan fingerprint density at radius 2 is 2.05 bits per heavy atom. The molecule has 4 heteroatoms.